The molecule has 0 unspecified atom stereocenters. The van der Waals surface area contributed by atoms with E-state index in [1.54, 1.807) is 0 Å². The van der Waals surface area contributed by atoms with Gasteiger partial charge < -0.3 is 9.84 Å². The largest absolute Gasteiger partial charge is 0.390 e. The van der Waals surface area contributed by atoms with Gasteiger partial charge >= 0.3 is 0 Å². The van der Waals surface area contributed by atoms with E-state index in [1.165, 1.54) is 12.8 Å². The standard InChI is InChI=1S/C8H18O.C7H14O.C7H14/c1-7(2,3)6-8(4,5)9;1-7(2,3)6-4-8-5-6;1-7(2,3)6-4-5-6/h9H,6H2,1-5H3;6H,4-5H2,1-3H3;6H,4-5H2,1-3H3. The quantitative estimate of drug-likeness (QED) is 0.604. The molecule has 0 atom stereocenters. The summed E-state index contributed by atoms with van der Waals surface area (Å²) in [6.07, 6.45) is 3.80. The highest BCUT2D eigenvalue weighted by atomic mass is 16.5. The van der Waals surface area contributed by atoms with Gasteiger partial charge in [0, 0.05) is 5.92 Å². The van der Waals surface area contributed by atoms with E-state index < -0.39 is 5.60 Å². The molecule has 2 aliphatic rings. The zero-order valence-corrected chi connectivity index (χ0v) is 18.5. The van der Waals surface area contributed by atoms with Crippen molar-refractivity contribution in [1.29, 1.82) is 0 Å². The number of hydrogen-bond donors (Lipinski definition) is 1. The fourth-order valence-electron chi connectivity index (χ4n) is 2.98. The minimum atomic E-state index is -0.516. The molecule has 1 aliphatic carbocycles. The van der Waals surface area contributed by atoms with Crippen molar-refractivity contribution in [1.82, 2.24) is 0 Å². The first-order valence-corrected chi connectivity index (χ1v) is 9.72. The van der Waals surface area contributed by atoms with Crippen molar-refractivity contribution in [2.24, 2.45) is 28.1 Å². The normalized spacial score (nSPS) is 19.5. The van der Waals surface area contributed by atoms with Crippen LogP contribution in [0.3, 0.4) is 0 Å². The smallest absolute Gasteiger partial charge is 0.0596 e. The molecule has 0 aromatic heterocycles. The van der Waals surface area contributed by atoms with Crippen molar-refractivity contribution in [2.45, 2.75) is 101 Å². The average Bonchev–Trinajstić information content (AvgIpc) is 2.84. The van der Waals surface area contributed by atoms with E-state index in [9.17, 15) is 5.11 Å². The molecular formula is C22H46O2. The van der Waals surface area contributed by atoms with Gasteiger partial charge in [-0.25, -0.2) is 0 Å². The molecule has 0 aromatic carbocycles. The van der Waals surface area contributed by atoms with Crippen LogP contribution in [0.2, 0.25) is 0 Å². The van der Waals surface area contributed by atoms with Crippen LogP contribution in [0.5, 0.6) is 0 Å². The average molecular weight is 343 g/mol. The van der Waals surface area contributed by atoms with Crippen LogP contribution in [0.4, 0.5) is 0 Å². The Morgan fingerprint density at radius 3 is 1.08 bits per heavy atom. The van der Waals surface area contributed by atoms with Crippen molar-refractivity contribution in [3.05, 3.63) is 0 Å². The van der Waals surface area contributed by atoms with Crippen molar-refractivity contribution >= 4 is 0 Å². The fraction of sp³-hybridized carbons (Fsp3) is 1.00. The lowest BCUT2D eigenvalue weighted by Gasteiger charge is -2.37. The van der Waals surface area contributed by atoms with E-state index in [2.05, 4.69) is 62.3 Å². The van der Waals surface area contributed by atoms with Gasteiger partial charge in [0.1, 0.15) is 0 Å². The van der Waals surface area contributed by atoms with E-state index in [0.29, 0.717) is 10.8 Å². The number of rotatable bonds is 1. The Kier molecular flexibility index (Phi) is 8.51. The lowest BCUT2D eigenvalue weighted by atomic mass is 9.80. The second-order valence-corrected chi connectivity index (χ2v) is 11.8. The summed E-state index contributed by atoms with van der Waals surface area (Å²) in [7, 11) is 0. The van der Waals surface area contributed by atoms with Gasteiger partial charge in [0.25, 0.3) is 0 Å². The van der Waals surface area contributed by atoms with Crippen LogP contribution in [0, 0.1) is 28.1 Å². The summed E-state index contributed by atoms with van der Waals surface area (Å²) in [6, 6.07) is 0. The molecule has 2 nitrogen and oxygen atoms in total. The molecular weight excluding hydrogens is 296 g/mol. The summed E-state index contributed by atoms with van der Waals surface area (Å²) in [5, 5.41) is 9.35. The molecule has 1 saturated heterocycles. The van der Waals surface area contributed by atoms with E-state index >= 15 is 0 Å². The lowest BCUT2D eigenvalue weighted by molar-refractivity contribution is -0.0821. The monoisotopic (exact) mass is 342 g/mol. The van der Waals surface area contributed by atoms with Gasteiger partial charge in [0.2, 0.25) is 0 Å². The first kappa shape index (κ1) is 23.9. The minimum absolute atomic E-state index is 0.234. The third kappa shape index (κ3) is 13.2. The second kappa shape index (κ2) is 8.54. The Bertz CT molecular complexity index is 324. The van der Waals surface area contributed by atoms with Crippen LogP contribution in [0.15, 0.2) is 0 Å². The third-order valence-electron chi connectivity index (χ3n) is 4.63. The molecule has 0 spiro atoms. The van der Waals surface area contributed by atoms with E-state index in [0.717, 1.165) is 31.5 Å². The number of aliphatic hydroxyl groups is 1. The van der Waals surface area contributed by atoms with Gasteiger partial charge in [-0.2, -0.15) is 0 Å². The van der Waals surface area contributed by atoms with Crippen LogP contribution in [0.25, 0.3) is 0 Å². The van der Waals surface area contributed by atoms with Crippen LogP contribution in [-0.2, 0) is 4.74 Å². The lowest BCUT2D eigenvalue weighted by Crippen LogP contribution is -2.37. The van der Waals surface area contributed by atoms with Crippen LogP contribution < -0.4 is 0 Å². The summed E-state index contributed by atoms with van der Waals surface area (Å²) in [4.78, 5) is 0. The van der Waals surface area contributed by atoms with Crippen LogP contribution in [-0.4, -0.2) is 23.9 Å². The first-order valence-electron chi connectivity index (χ1n) is 9.72. The molecule has 1 saturated carbocycles. The molecule has 1 heterocycles. The molecule has 2 fully saturated rings. The van der Waals surface area contributed by atoms with Crippen LogP contribution >= 0.6 is 0 Å². The van der Waals surface area contributed by atoms with E-state index in [4.69, 9.17) is 4.74 Å². The van der Waals surface area contributed by atoms with Gasteiger partial charge in [-0.3, -0.25) is 0 Å². The second-order valence-electron chi connectivity index (χ2n) is 11.8. The number of ether oxygens (including phenoxy) is 1. The minimum Gasteiger partial charge on any atom is -0.390 e. The predicted octanol–water partition coefficient (Wildman–Crippen LogP) is 6.31. The molecule has 0 radical (unpaired) electrons. The molecule has 0 aromatic rings. The fourth-order valence-corrected chi connectivity index (χ4v) is 2.98. The van der Waals surface area contributed by atoms with Gasteiger partial charge in [0.05, 0.1) is 18.8 Å². The third-order valence-corrected chi connectivity index (χ3v) is 4.63. The zero-order chi connectivity index (χ0) is 19.4. The Morgan fingerprint density at radius 1 is 0.708 bits per heavy atom. The van der Waals surface area contributed by atoms with Gasteiger partial charge in [0.15, 0.2) is 0 Å². The SMILES string of the molecule is CC(C)(C)C1CC1.CC(C)(C)C1COC1.CC(C)(C)CC(C)(C)O. The maximum atomic E-state index is 9.35. The maximum absolute atomic E-state index is 9.35. The Morgan fingerprint density at radius 2 is 1.08 bits per heavy atom. The van der Waals surface area contributed by atoms with Crippen molar-refractivity contribution in [3.8, 4) is 0 Å². The molecule has 1 aliphatic heterocycles. The highest BCUT2D eigenvalue weighted by Gasteiger charge is 2.33. The summed E-state index contributed by atoms with van der Waals surface area (Å²) in [6.45, 7) is 25.8. The van der Waals surface area contributed by atoms with Crippen LogP contribution in [0.1, 0.15) is 95.4 Å². The summed E-state index contributed by atoms with van der Waals surface area (Å²) in [5.41, 5.74) is 0.800. The van der Waals surface area contributed by atoms with E-state index in [-0.39, 0.29) is 5.41 Å². The summed E-state index contributed by atoms with van der Waals surface area (Å²) < 4.78 is 5.06. The Hall–Kier alpha value is -0.0800. The molecule has 2 heteroatoms. The molecule has 2 rings (SSSR count). The molecule has 1 N–H and O–H groups in total. The topological polar surface area (TPSA) is 29.5 Å². The molecule has 146 valence electrons. The van der Waals surface area contributed by atoms with E-state index in [1.807, 2.05) is 13.8 Å². The number of hydrogen-bond acceptors (Lipinski definition) is 2. The predicted molar refractivity (Wildman–Crippen MR) is 106 cm³/mol. The van der Waals surface area contributed by atoms with Gasteiger partial charge in [-0.05, 0) is 55.3 Å². The van der Waals surface area contributed by atoms with Crippen molar-refractivity contribution in [2.75, 3.05) is 13.2 Å². The Balaban J connectivity index is 0.000000332. The van der Waals surface area contributed by atoms with Gasteiger partial charge in [-0.15, -0.1) is 0 Å². The van der Waals surface area contributed by atoms with Gasteiger partial charge in [-0.1, -0.05) is 62.3 Å². The Labute approximate surface area is 152 Å². The van der Waals surface area contributed by atoms with Crippen molar-refractivity contribution < 1.29 is 9.84 Å². The first-order chi connectivity index (χ1) is 10.4. The molecule has 24 heavy (non-hydrogen) atoms. The highest BCUT2D eigenvalue weighted by molar-refractivity contribution is 4.84. The zero-order valence-electron chi connectivity index (χ0n) is 18.5. The summed E-state index contributed by atoms with van der Waals surface area (Å²) >= 11 is 0. The molecule has 0 bridgehead atoms. The highest BCUT2D eigenvalue weighted by Crippen LogP contribution is 2.44. The summed E-state index contributed by atoms with van der Waals surface area (Å²) in [5.74, 6) is 1.86. The maximum Gasteiger partial charge on any atom is 0.0596 e. The van der Waals surface area contributed by atoms with Crippen molar-refractivity contribution in [3.63, 3.8) is 0 Å². The molecule has 0 amide bonds.